The summed E-state index contributed by atoms with van der Waals surface area (Å²) in [5, 5.41) is 0. The van der Waals surface area contributed by atoms with Crippen LogP contribution in [0.15, 0.2) is 24.5 Å². The lowest BCUT2D eigenvalue weighted by molar-refractivity contribution is -0.136. The molecule has 3 fully saturated rings. The summed E-state index contributed by atoms with van der Waals surface area (Å²) in [4.78, 5) is 24.2. The van der Waals surface area contributed by atoms with Gasteiger partial charge in [0.1, 0.15) is 0 Å². The standard InChI is InChI=1S/C22H34N4O/c1-24(15-18-6-7-18)22(27)20-5-3-11-26(17-20)21-8-12-25(13-9-21)16-19-4-2-10-23-14-19/h2,4,10,14,18,20-21H,3,5-9,11-13,15-17H2,1H3/t20-/m0/s1. The summed E-state index contributed by atoms with van der Waals surface area (Å²) in [5.41, 5.74) is 1.30. The van der Waals surface area contributed by atoms with E-state index in [-0.39, 0.29) is 5.92 Å². The summed E-state index contributed by atoms with van der Waals surface area (Å²) < 4.78 is 0. The fourth-order valence-corrected chi connectivity index (χ4v) is 4.82. The van der Waals surface area contributed by atoms with E-state index < -0.39 is 0 Å². The summed E-state index contributed by atoms with van der Waals surface area (Å²) >= 11 is 0. The Balaban J connectivity index is 1.24. The van der Waals surface area contributed by atoms with Gasteiger partial charge in [-0.05, 0) is 75.7 Å². The van der Waals surface area contributed by atoms with Crippen molar-refractivity contribution in [3.63, 3.8) is 0 Å². The number of likely N-dealkylation sites (tertiary alicyclic amines) is 2. The summed E-state index contributed by atoms with van der Waals surface area (Å²) in [7, 11) is 2.01. The zero-order valence-corrected chi connectivity index (χ0v) is 16.7. The third-order valence-electron chi connectivity index (χ3n) is 6.61. The lowest BCUT2D eigenvalue weighted by Gasteiger charge is -2.42. The SMILES string of the molecule is CN(CC1CC1)C(=O)[C@H]1CCCN(C2CCN(Cc3cccnc3)CC2)C1. The maximum absolute atomic E-state index is 12.8. The highest BCUT2D eigenvalue weighted by atomic mass is 16.2. The zero-order chi connectivity index (χ0) is 18.6. The number of hydrogen-bond donors (Lipinski definition) is 0. The van der Waals surface area contributed by atoms with Crippen molar-refractivity contribution in [2.24, 2.45) is 11.8 Å². The molecule has 27 heavy (non-hydrogen) atoms. The Labute approximate surface area is 163 Å². The molecule has 0 unspecified atom stereocenters. The largest absolute Gasteiger partial charge is 0.345 e. The summed E-state index contributed by atoms with van der Waals surface area (Å²) in [6, 6.07) is 4.84. The molecule has 1 amide bonds. The molecule has 1 aromatic heterocycles. The fourth-order valence-electron chi connectivity index (χ4n) is 4.82. The molecule has 2 aliphatic heterocycles. The molecule has 1 aromatic rings. The highest BCUT2D eigenvalue weighted by Gasteiger charge is 2.34. The maximum atomic E-state index is 12.8. The Bertz CT molecular complexity index is 610. The lowest BCUT2D eigenvalue weighted by Crippen LogP contribution is -2.51. The first-order valence-corrected chi connectivity index (χ1v) is 10.8. The van der Waals surface area contributed by atoms with Crippen molar-refractivity contribution >= 4 is 5.91 Å². The van der Waals surface area contributed by atoms with Crippen LogP contribution >= 0.6 is 0 Å². The molecule has 4 rings (SSSR count). The molecular weight excluding hydrogens is 336 g/mol. The van der Waals surface area contributed by atoms with Gasteiger partial charge in [0, 0.05) is 45.1 Å². The van der Waals surface area contributed by atoms with Crippen LogP contribution in [0, 0.1) is 11.8 Å². The van der Waals surface area contributed by atoms with Crippen molar-refractivity contribution in [3.8, 4) is 0 Å². The van der Waals surface area contributed by atoms with Crippen molar-refractivity contribution in [1.29, 1.82) is 0 Å². The van der Waals surface area contributed by atoms with Crippen LogP contribution in [0.3, 0.4) is 0 Å². The molecule has 5 nitrogen and oxygen atoms in total. The smallest absolute Gasteiger partial charge is 0.226 e. The van der Waals surface area contributed by atoms with Crippen LogP contribution in [-0.2, 0) is 11.3 Å². The molecule has 0 N–H and O–H groups in total. The average Bonchev–Trinajstić information content (AvgIpc) is 3.53. The second-order valence-corrected chi connectivity index (χ2v) is 8.86. The number of nitrogens with zero attached hydrogens (tertiary/aromatic N) is 4. The highest BCUT2D eigenvalue weighted by molar-refractivity contribution is 5.79. The number of amides is 1. The second-order valence-electron chi connectivity index (χ2n) is 8.86. The Morgan fingerprint density at radius 2 is 2.00 bits per heavy atom. The molecule has 1 atom stereocenters. The molecule has 0 bridgehead atoms. The number of carbonyl (C=O) groups is 1. The van der Waals surface area contributed by atoms with Gasteiger partial charge in [0.25, 0.3) is 0 Å². The molecule has 0 radical (unpaired) electrons. The fraction of sp³-hybridized carbons (Fsp3) is 0.727. The third kappa shape index (κ3) is 5.08. The van der Waals surface area contributed by atoms with E-state index in [1.165, 1.54) is 44.2 Å². The van der Waals surface area contributed by atoms with Crippen molar-refractivity contribution < 1.29 is 4.79 Å². The minimum absolute atomic E-state index is 0.218. The van der Waals surface area contributed by atoms with Gasteiger partial charge in [-0.25, -0.2) is 0 Å². The molecule has 0 spiro atoms. The van der Waals surface area contributed by atoms with E-state index in [1.54, 1.807) is 0 Å². The lowest BCUT2D eigenvalue weighted by atomic mass is 9.92. The average molecular weight is 371 g/mol. The van der Waals surface area contributed by atoms with Gasteiger partial charge < -0.3 is 4.90 Å². The summed E-state index contributed by atoms with van der Waals surface area (Å²) in [6.45, 7) is 6.42. The van der Waals surface area contributed by atoms with E-state index in [2.05, 4.69) is 20.9 Å². The molecule has 1 aliphatic carbocycles. The summed E-state index contributed by atoms with van der Waals surface area (Å²) in [5.74, 6) is 1.39. The molecule has 1 saturated carbocycles. The van der Waals surface area contributed by atoms with Gasteiger partial charge in [0.05, 0.1) is 5.92 Å². The second kappa shape index (κ2) is 8.70. The van der Waals surface area contributed by atoms with Gasteiger partial charge in [-0.1, -0.05) is 6.07 Å². The van der Waals surface area contributed by atoms with E-state index >= 15 is 0 Å². The predicted molar refractivity (Wildman–Crippen MR) is 107 cm³/mol. The van der Waals surface area contributed by atoms with Crippen molar-refractivity contribution in [3.05, 3.63) is 30.1 Å². The van der Waals surface area contributed by atoms with E-state index in [1.807, 2.05) is 30.4 Å². The van der Waals surface area contributed by atoms with E-state index in [0.29, 0.717) is 11.9 Å². The molecule has 3 aliphatic rings. The molecule has 5 heteroatoms. The van der Waals surface area contributed by atoms with Crippen LogP contribution in [0.2, 0.25) is 0 Å². The monoisotopic (exact) mass is 370 g/mol. The zero-order valence-electron chi connectivity index (χ0n) is 16.7. The van der Waals surface area contributed by atoms with Gasteiger partial charge in [-0.15, -0.1) is 0 Å². The molecular formula is C22H34N4O. The van der Waals surface area contributed by atoms with Gasteiger partial charge in [0.15, 0.2) is 0 Å². The van der Waals surface area contributed by atoms with Crippen LogP contribution < -0.4 is 0 Å². The highest BCUT2D eigenvalue weighted by Crippen LogP contribution is 2.31. The van der Waals surface area contributed by atoms with Gasteiger partial charge in [0.2, 0.25) is 5.91 Å². The Morgan fingerprint density at radius 3 is 2.70 bits per heavy atom. The molecule has 148 valence electrons. The Kier molecular flexibility index (Phi) is 6.08. The first kappa shape index (κ1) is 18.9. The van der Waals surface area contributed by atoms with E-state index in [0.717, 1.165) is 45.1 Å². The number of rotatable bonds is 6. The molecule has 0 aromatic carbocycles. The Morgan fingerprint density at radius 1 is 1.19 bits per heavy atom. The number of piperidine rings is 2. The maximum Gasteiger partial charge on any atom is 0.226 e. The number of carbonyl (C=O) groups excluding carboxylic acids is 1. The van der Waals surface area contributed by atoms with Crippen LogP contribution in [0.25, 0.3) is 0 Å². The quantitative estimate of drug-likeness (QED) is 0.772. The number of pyridine rings is 1. The van der Waals surface area contributed by atoms with Gasteiger partial charge in [-0.3, -0.25) is 19.6 Å². The molecule has 3 heterocycles. The third-order valence-corrected chi connectivity index (χ3v) is 6.61. The minimum Gasteiger partial charge on any atom is -0.345 e. The van der Waals surface area contributed by atoms with Crippen LogP contribution in [0.1, 0.15) is 44.1 Å². The van der Waals surface area contributed by atoms with Crippen molar-refractivity contribution in [2.45, 2.75) is 51.1 Å². The topological polar surface area (TPSA) is 39.7 Å². The van der Waals surface area contributed by atoms with E-state index in [4.69, 9.17) is 0 Å². The van der Waals surface area contributed by atoms with Crippen LogP contribution in [0.5, 0.6) is 0 Å². The summed E-state index contributed by atoms with van der Waals surface area (Å²) in [6.07, 6.45) is 11.1. The predicted octanol–water partition coefficient (Wildman–Crippen LogP) is 2.63. The minimum atomic E-state index is 0.218. The normalized spacial score (nSPS) is 25.4. The molecule has 2 saturated heterocycles. The van der Waals surface area contributed by atoms with E-state index in [9.17, 15) is 4.79 Å². The van der Waals surface area contributed by atoms with Crippen molar-refractivity contribution in [1.82, 2.24) is 19.7 Å². The van der Waals surface area contributed by atoms with Crippen LogP contribution in [0.4, 0.5) is 0 Å². The van der Waals surface area contributed by atoms with Gasteiger partial charge >= 0.3 is 0 Å². The van der Waals surface area contributed by atoms with Gasteiger partial charge in [-0.2, -0.15) is 0 Å². The van der Waals surface area contributed by atoms with Crippen molar-refractivity contribution in [2.75, 3.05) is 39.8 Å². The Hall–Kier alpha value is -1.46. The first-order chi connectivity index (χ1) is 13.2. The number of aromatic nitrogens is 1. The van der Waals surface area contributed by atoms with Crippen LogP contribution in [-0.4, -0.2) is 71.4 Å². The number of hydrogen-bond acceptors (Lipinski definition) is 4. The first-order valence-electron chi connectivity index (χ1n) is 10.8.